The van der Waals surface area contributed by atoms with Crippen LogP contribution in [-0.4, -0.2) is 47.2 Å². The molecular weight excluding hydrogens is 502 g/mol. The molecule has 5 rings (SSSR count). The van der Waals surface area contributed by atoms with E-state index < -0.39 is 21.1 Å². The molecule has 3 heterocycles. The number of aromatic nitrogens is 4. The molecule has 0 fully saturated rings. The first-order valence-electron chi connectivity index (χ1n) is 9.75. The van der Waals surface area contributed by atoms with Crippen LogP contribution in [-0.2, 0) is 9.84 Å². The van der Waals surface area contributed by atoms with Gasteiger partial charge in [0.1, 0.15) is 5.00 Å². The van der Waals surface area contributed by atoms with Gasteiger partial charge >= 0.3 is 5.69 Å². The van der Waals surface area contributed by atoms with Gasteiger partial charge in [-0.05, 0) is 36.4 Å². The number of fused-ring (bicyclic) bond motifs is 2. The van der Waals surface area contributed by atoms with Crippen molar-refractivity contribution in [2.24, 2.45) is 0 Å². The number of hydrogen-bond acceptors (Lipinski definition) is 8. The molecule has 0 aliphatic carbocycles. The van der Waals surface area contributed by atoms with E-state index >= 15 is 0 Å². The van der Waals surface area contributed by atoms with E-state index in [1.54, 1.807) is 16.9 Å². The van der Waals surface area contributed by atoms with Gasteiger partial charge in [0.05, 0.1) is 37.4 Å². The average Bonchev–Trinajstić information content (AvgIpc) is 3.44. The minimum absolute atomic E-state index is 0.0659. The van der Waals surface area contributed by atoms with Crippen molar-refractivity contribution in [3.05, 3.63) is 73.8 Å². The maximum absolute atomic E-state index is 13.6. The van der Waals surface area contributed by atoms with Gasteiger partial charge in [-0.2, -0.15) is 5.10 Å². The molecule has 0 spiro atoms. The first kappa shape index (κ1) is 22.2. The number of nitrogens with zero attached hydrogens (tertiary/aromatic N) is 4. The number of benzene rings is 2. The minimum Gasteiger partial charge on any atom is -0.421 e. The second-order valence-electron chi connectivity index (χ2n) is 7.66. The molecule has 0 aliphatic heterocycles. The van der Waals surface area contributed by atoms with Crippen LogP contribution in [0.25, 0.3) is 26.8 Å². The van der Waals surface area contributed by atoms with Crippen LogP contribution in [0.2, 0.25) is 5.02 Å². The van der Waals surface area contributed by atoms with E-state index in [-0.39, 0.29) is 30.4 Å². The Morgan fingerprint density at radius 1 is 1.15 bits per heavy atom. The summed E-state index contributed by atoms with van der Waals surface area (Å²) in [5, 5.41) is 17.1. The zero-order chi connectivity index (χ0) is 24.4. The second kappa shape index (κ2) is 7.72. The number of thiophene rings is 1. The van der Waals surface area contributed by atoms with E-state index in [1.807, 2.05) is 30.4 Å². The highest BCUT2D eigenvalue weighted by atomic mass is 35.5. The lowest BCUT2D eigenvalue weighted by Gasteiger charge is -2.10. The zero-order valence-corrected chi connectivity index (χ0v) is 20.1. The van der Waals surface area contributed by atoms with Gasteiger partial charge in [0, 0.05) is 30.5 Å². The molecule has 0 radical (unpaired) electrons. The summed E-state index contributed by atoms with van der Waals surface area (Å²) >= 11 is 7.54. The zero-order valence-electron chi connectivity index (χ0n) is 17.7. The summed E-state index contributed by atoms with van der Waals surface area (Å²) in [6.45, 7) is 0. The Morgan fingerprint density at radius 2 is 1.91 bits per heavy atom. The quantitative estimate of drug-likeness (QED) is 0.350. The Kier molecular flexibility index (Phi) is 5.04. The van der Waals surface area contributed by atoms with Crippen molar-refractivity contribution in [2.75, 3.05) is 19.0 Å². The van der Waals surface area contributed by atoms with Gasteiger partial charge in [0.25, 0.3) is 5.56 Å². The van der Waals surface area contributed by atoms with E-state index in [4.69, 9.17) is 11.6 Å². The third kappa shape index (κ3) is 3.30. The van der Waals surface area contributed by atoms with Gasteiger partial charge < -0.3 is 15.1 Å². The fourth-order valence-electron chi connectivity index (χ4n) is 3.60. The fourth-order valence-corrected chi connectivity index (χ4v) is 6.23. The third-order valence-electron chi connectivity index (χ3n) is 5.39. The lowest BCUT2D eigenvalue weighted by atomic mass is 10.2. The van der Waals surface area contributed by atoms with Crippen LogP contribution >= 0.6 is 22.9 Å². The lowest BCUT2D eigenvalue weighted by Crippen LogP contribution is -2.33. The molecule has 0 unspecified atom stereocenters. The van der Waals surface area contributed by atoms with E-state index in [0.29, 0.717) is 5.52 Å². The number of rotatable bonds is 4. The largest absolute Gasteiger partial charge is 0.421 e. The van der Waals surface area contributed by atoms with Crippen molar-refractivity contribution < 1.29 is 13.6 Å². The van der Waals surface area contributed by atoms with Gasteiger partial charge in [-0.15, -0.1) is 11.3 Å². The number of hydrogen-bond donors (Lipinski definition) is 2. The number of H-pyrrole nitrogens is 1. The van der Waals surface area contributed by atoms with Crippen LogP contribution in [0, 0.1) is 0 Å². The lowest BCUT2D eigenvalue weighted by molar-refractivity contribution is 0.162. The van der Waals surface area contributed by atoms with Gasteiger partial charge in [0.2, 0.25) is 9.84 Å². The summed E-state index contributed by atoms with van der Waals surface area (Å²) in [7, 11) is -0.368. The summed E-state index contributed by atoms with van der Waals surface area (Å²) in [6.07, 6.45) is 1.64. The van der Waals surface area contributed by atoms with E-state index in [1.165, 1.54) is 35.6 Å². The summed E-state index contributed by atoms with van der Waals surface area (Å²) in [5.74, 6) is 0. The standard InChI is InChI=1S/C21H16ClN5O5S2/c1-25(2)12-7-17(33-10-12)26-15-8-13(4-3-11(15)9-23-26)34(31,32)16-6-5-14(22)18-19(16)24-21(29)27(30)20(18)28/h3-10,30H,1-2H3,(H,24,29). The molecule has 0 bridgehead atoms. The molecule has 10 nitrogen and oxygen atoms in total. The predicted molar refractivity (Wildman–Crippen MR) is 130 cm³/mol. The van der Waals surface area contributed by atoms with Crippen LogP contribution in [0.4, 0.5) is 5.69 Å². The number of halogens is 1. The number of anilines is 1. The highest BCUT2D eigenvalue weighted by Gasteiger charge is 2.25. The molecule has 0 saturated carbocycles. The molecule has 2 aromatic carbocycles. The van der Waals surface area contributed by atoms with Crippen molar-refractivity contribution in [1.82, 2.24) is 19.5 Å². The van der Waals surface area contributed by atoms with E-state index in [0.717, 1.165) is 16.1 Å². The Bertz CT molecular complexity index is 1830. The molecule has 5 aromatic rings. The molecule has 34 heavy (non-hydrogen) atoms. The molecule has 174 valence electrons. The first-order valence-corrected chi connectivity index (χ1v) is 12.5. The number of nitrogens with one attached hydrogen (secondary N) is 1. The van der Waals surface area contributed by atoms with Gasteiger partial charge in [-0.25, -0.2) is 17.9 Å². The fraction of sp³-hybridized carbons (Fsp3) is 0.0952. The maximum atomic E-state index is 13.6. The highest BCUT2D eigenvalue weighted by Crippen LogP contribution is 2.32. The molecule has 0 atom stereocenters. The Balaban J connectivity index is 1.73. The minimum atomic E-state index is -4.21. The average molecular weight is 518 g/mol. The van der Waals surface area contributed by atoms with Crippen molar-refractivity contribution in [2.45, 2.75) is 9.79 Å². The molecule has 0 aliphatic rings. The molecule has 0 saturated heterocycles. The SMILES string of the molecule is CN(C)c1csc(-n2ncc3ccc(S(=O)(=O)c4ccc(Cl)c5c(=O)n(O)c(=O)[nH]c45)cc32)c1. The third-order valence-corrected chi connectivity index (χ3v) is 8.39. The normalized spacial score (nSPS) is 12.0. The van der Waals surface area contributed by atoms with Crippen molar-refractivity contribution in [3.63, 3.8) is 0 Å². The van der Waals surface area contributed by atoms with E-state index in [9.17, 15) is 23.2 Å². The summed E-state index contributed by atoms with van der Waals surface area (Å²) in [6, 6.07) is 8.92. The van der Waals surface area contributed by atoms with Crippen LogP contribution < -0.4 is 16.1 Å². The summed E-state index contributed by atoms with van der Waals surface area (Å²) in [4.78, 5) is 28.2. The Labute approximate surface area is 200 Å². The van der Waals surface area contributed by atoms with Crippen LogP contribution in [0.3, 0.4) is 0 Å². The molecule has 2 N–H and O–H groups in total. The summed E-state index contributed by atoms with van der Waals surface area (Å²) < 4.78 is 28.7. The van der Waals surface area contributed by atoms with Crippen molar-refractivity contribution in [3.8, 4) is 5.00 Å². The first-order chi connectivity index (χ1) is 16.1. The topological polar surface area (TPSA) is 130 Å². The molecule has 3 aromatic heterocycles. The molecule has 13 heteroatoms. The van der Waals surface area contributed by atoms with Gasteiger partial charge in [0.15, 0.2) is 0 Å². The van der Waals surface area contributed by atoms with E-state index in [2.05, 4.69) is 10.1 Å². The second-order valence-corrected chi connectivity index (χ2v) is 10.9. The van der Waals surface area contributed by atoms with Gasteiger partial charge in [-0.1, -0.05) is 16.3 Å². The van der Waals surface area contributed by atoms with Crippen LogP contribution in [0.5, 0.6) is 0 Å². The smallest absolute Gasteiger partial charge is 0.362 e. The van der Waals surface area contributed by atoms with Gasteiger partial charge in [-0.3, -0.25) is 4.79 Å². The summed E-state index contributed by atoms with van der Waals surface area (Å²) in [5.41, 5.74) is -1.03. The van der Waals surface area contributed by atoms with Crippen LogP contribution in [0.1, 0.15) is 0 Å². The van der Waals surface area contributed by atoms with Crippen molar-refractivity contribution in [1.29, 1.82) is 0 Å². The molecule has 0 amide bonds. The maximum Gasteiger partial charge on any atom is 0.362 e. The molecular formula is C21H16ClN5O5S2. The number of aromatic amines is 1. The Hall–Kier alpha value is -3.61. The predicted octanol–water partition coefficient (Wildman–Crippen LogP) is 2.88. The highest BCUT2D eigenvalue weighted by molar-refractivity contribution is 7.91. The van der Waals surface area contributed by atoms with Crippen molar-refractivity contribution >= 4 is 60.3 Å². The monoisotopic (exact) mass is 517 g/mol. The number of sulfone groups is 1. The Morgan fingerprint density at radius 3 is 2.62 bits per heavy atom. The van der Waals surface area contributed by atoms with Crippen LogP contribution in [0.15, 0.2) is 67.4 Å².